The number of piperidine rings is 1. The summed E-state index contributed by atoms with van der Waals surface area (Å²) in [6.07, 6.45) is -3.92. The molecule has 1 aliphatic heterocycles. The number of H-pyrrole nitrogens is 1. The molecule has 28 heavy (non-hydrogen) atoms. The molecule has 0 amide bonds. The van der Waals surface area contributed by atoms with E-state index in [0.717, 1.165) is 6.07 Å². The number of rotatable bonds is 3. The molecule has 0 saturated carbocycles. The normalized spacial score (nSPS) is 15.9. The molecule has 9 nitrogen and oxygen atoms in total. The fourth-order valence-corrected chi connectivity index (χ4v) is 3.48. The lowest BCUT2D eigenvalue weighted by atomic mass is 10.0. The number of aromatic amines is 1. The zero-order valence-corrected chi connectivity index (χ0v) is 15.3. The van der Waals surface area contributed by atoms with E-state index in [-0.39, 0.29) is 53.0 Å². The van der Waals surface area contributed by atoms with Crippen molar-refractivity contribution >= 4 is 32.4 Å². The van der Waals surface area contributed by atoms with Gasteiger partial charge in [-0.05, 0) is 12.1 Å². The second-order valence-corrected chi connectivity index (χ2v) is 8.10. The first-order valence-electron chi connectivity index (χ1n) is 8.01. The summed E-state index contributed by atoms with van der Waals surface area (Å²) in [7, 11) is -3.99. The number of carbonyl (C=O) groups excluding carboxylic acids is 1. The average Bonchev–Trinajstić information content (AvgIpc) is 2.57. The Morgan fingerprint density at radius 3 is 2.25 bits per heavy atom. The van der Waals surface area contributed by atoms with Gasteiger partial charge in [-0.2, -0.15) is 17.8 Å². The van der Waals surface area contributed by atoms with Crippen molar-refractivity contribution in [1.29, 1.82) is 0 Å². The quantitative estimate of drug-likeness (QED) is 0.741. The average molecular weight is 420 g/mol. The van der Waals surface area contributed by atoms with Gasteiger partial charge in [0.1, 0.15) is 5.78 Å². The molecule has 0 radical (unpaired) electrons. The number of carbonyl (C=O) groups is 1. The van der Waals surface area contributed by atoms with Gasteiger partial charge in [0.15, 0.2) is 0 Å². The van der Waals surface area contributed by atoms with Crippen molar-refractivity contribution in [2.75, 3.05) is 29.1 Å². The number of hydrogen-bond donors (Lipinski definition) is 2. The summed E-state index contributed by atoms with van der Waals surface area (Å²) in [6.45, 7) is 0.0963. The number of sulfonamides is 1. The number of hydrogen-bond acceptors (Lipinski definition) is 6. The lowest BCUT2D eigenvalue weighted by Gasteiger charge is -2.30. The van der Waals surface area contributed by atoms with Gasteiger partial charge in [-0.3, -0.25) is 9.59 Å². The van der Waals surface area contributed by atoms with Crippen LogP contribution in [0.25, 0.3) is 10.9 Å². The van der Waals surface area contributed by atoms with Gasteiger partial charge in [0, 0.05) is 31.6 Å². The summed E-state index contributed by atoms with van der Waals surface area (Å²) >= 11 is 0. The topological polar surface area (TPSA) is 121 Å². The number of benzene rings is 1. The van der Waals surface area contributed by atoms with E-state index in [4.69, 9.17) is 0 Å². The molecule has 1 saturated heterocycles. The minimum atomic E-state index is -4.78. The molecule has 0 unspecified atom stereocenters. The summed E-state index contributed by atoms with van der Waals surface area (Å²) in [5.74, 6) is -0.0744. The highest BCUT2D eigenvalue weighted by Gasteiger charge is 2.36. The van der Waals surface area contributed by atoms with Gasteiger partial charge in [0.2, 0.25) is 10.0 Å². The predicted molar refractivity (Wildman–Crippen MR) is 94.5 cm³/mol. The van der Waals surface area contributed by atoms with E-state index in [1.807, 2.05) is 0 Å². The predicted octanol–water partition coefficient (Wildman–Crippen LogP) is 0.381. The Hall–Kier alpha value is -2.83. The molecule has 13 heteroatoms. The highest BCUT2D eigenvalue weighted by molar-refractivity contribution is 7.91. The molecule has 1 aromatic carbocycles. The monoisotopic (exact) mass is 420 g/mol. The maximum Gasteiger partial charge on any atom is 0.418 e. The van der Waals surface area contributed by atoms with Crippen molar-refractivity contribution in [3.05, 3.63) is 38.5 Å². The minimum absolute atomic E-state index is 0.0482. The third-order valence-electron chi connectivity index (χ3n) is 4.24. The number of anilines is 1. The molecular weight excluding hydrogens is 405 g/mol. The van der Waals surface area contributed by atoms with Gasteiger partial charge in [-0.15, -0.1) is 0 Å². The van der Waals surface area contributed by atoms with Crippen molar-refractivity contribution in [3.8, 4) is 0 Å². The van der Waals surface area contributed by atoms with Crippen LogP contribution < -0.4 is 21.0 Å². The second kappa shape index (κ2) is 6.65. The van der Waals surface area contributed by atoms with Crippen LogP contribution in [0.4, 0.5) is 18.9 Å². The Labute approximate surface area is 155 Å². The third kappa shape index (κ3) is 3.88. The van der Waals surface area contributed by atoms with E-state index in [1.54, 1.807) is 4.83 Å². The summed E-state index contributed by atoms with van der Waals surface area (Å²) in [4.78, 5) is 41.0. The van der Waals surface area contributed by atoms with Crippen molar-refractivity contribution in [3.63, 3.8) is 0 Å². The smallest absolute Gasteiger partial charge is 0.370 e. The largest absolute Gasteiger partial charge is 0.418 e. The van der Waals surface area contributed by atoms with Crippen molar-refractivity contribution in [1.82, 2.24) is 9.66 Å². The molecule has 0 aliphatic carbocycles. The lowest BCUT2D eigenvalue weighted by molar-refractivity contribution is -0.137. The molecule has 0 atom stereocenters. The van der Waals surface area contributed by atoms with Crippen molar-refractivity contribution in [2.45, 2.75) is 19.0 Å². The van der Waals surface area contributed by atoms with Crippen LogP contribution in [0.15, 0.2) is 21.7 Å². The summed E-state index contributed by atoms with van der Waals surface area (Å²) in [6, 6.07) is 1.58. The number of Topliss-reactive ketones (excluding diaryl/α,β-unsaturated/α-hetero) is 1. The number of ketones is 1. The van der Waals surface area contributed by atoms with E-state index in [9.17, 15) is 36.0 Å². The Kier molecular flexibility index (Phi) is 4.73. The first kappa shape index (κ1) is 19.9. The number of fused-ring (bicyclic) bond motifs is 1. The molecule has 1 aromatic heterocycles. The van der Waals surface area contributed by atoms with Crippen molar-refractivity contribution < 1.29 is 26.4 Å². The lowest BCUT2D eigenvalue weighted by Crippen LogP contribution is -2.43. The number of halogens is 3. The number of alkyl halides is 3. The summed E-state index contributed by atoms with van der Waals surface area (Å²) < 4.78 is 63.5. The fraction of sp³-hybridized carbons (Fsp3) is 0.400. The van der Waals surface area contributed by atoms with E-state index < -0.39 is 33.0 Å². The molecule has 3 rings (SSSR count). The van der Waals surface area contributed by atoms with Crippen molar-refractivity contribution in [2.24, 2.45) is 0 Å². The molecule has 152 valence electrons. The van der Waals surface area contributed by atoms with Crippen LogP contribution in [-0.2, 0) is 21.0 Å². The maximum absolute atomic E-state index is 13.6. The second-order valence-electron chi connectivity index (χ2n) is 6.37. The molecule has 0 spiro atoms. The first-order chi connectivity index (χ1) is 12.9. The van der Waals surface area contributed by atoms with Gasteiger partial charge >= 0.3 is 11.9 Å². The number of nitrogens with one attached hydrogen (secondary N) is 2. The first-order valence-corrected chi connectivity index (χ1v) is 9.91. The molecule has 1 fully saturated rings. The van der Waals surface area contributed by atoms with Crippen LogP contribution >= 0.6 is 0 Å². The van der Waals surface area contributed by atoms with Crippen LogP contribution in [0.1, 0.15) is 18.4 Å². The Morgan fingerprint density at radius 2 is 1.71 bits per heavy atom. The Morgan fingerprint density at radius 1 is 1.11 bits per heavy atom. The molecule has 1 aliphatic rings. The highest BCUT2D eigenvalue weighted by atomic mass is 32.2. The zero-order chi connectivity index (χ0) is 20.9. The molecule has 0 bridgehead atoms. The standard InChI is InChI=1S/C15H15F3N4O5S/c1-28(26,27)20-22-13(24)9-6-12(21-4-2-8(23)3-5-21)10(15(16,17)18)7-11(9)19-14(22)25/h6-7,20H,2-5H2,1H3,(H,19,25). The van der Waals surface area contributed by atoms with E-state index >= 15 is 0 Å². The highest BCUT2D eigenvalue weighted by Crippen LogP contribution is 2.38. The molecule has 2 N–H and O–H groups in total. The van der Waals surface area contributed by atoms with Crippen LogP contribution in [0, 0.1) is 0 Å². The number of aromatic nitrogens is 2. The zero-order valence-electron chi connectivity index (χ0n) is 14.5. The maximum atomic E-state index is 13.6. The van der Waals surface area contributed by atoms with E-state index in [2.05, 4.69) is 4.98 Å². The van der Waals surface area contributed by atoms with Gasteiger partial charge in [0.05, 0.1) is 22.7 Å². The fourth-order valence-electron chi connectivity index (χ4n) is 2.99. The molecule has 2 aromatic rings. The minimum Gasteiger partial charge on any atom is -0.370 e. The van der Waals surface area contributed by atoms with E-state index in [0.29, 0.717) is 12.3 Å². The summed E-state index contributed by atoms with van der Waals surface area (Å²) in [5.41, 5.74) is -4.12. The van der Waals surface area contributed by atoms with Gasteiger partial charge in [-0.25, -0.2) is 18.0 Å². The van der Waals surface area contributed by atoms with Gasteiger partial charge in [0.25, 0.3) is 5.56 Å². The van der Waals surface area contributed by atoms with Gasteiger partial charge < -0.3 is 9.88 Å². The van der Waals surface area contributed by atoms with Gasteiger partial charge in [-0.1, -0.05) is 0 Å². The summed E-state index contributed by atoms with van der Waals surface area (Å²) in [5, 5.41) is -0.310. The van der Waals surface area contributed by atoms with Crippen LogP contribution in [0.3, 0.4) is 0 Å². The SMILES string of the molecule is CS(=O)(=O)Nn1c(=O)[nH]c2cc(C(F)(F)F)c(N3CCC(=O)CC3)cc2c1=O. The van der Waals surface area contributed by atoms with Crippen LogP contribution in [0.5, 0.6) is 0 Å². The third-order valence-corrected chi connectivity index (χ3v) is 4.75. The Balaban J connectivity index is 2.27. The molecular formula is C15H15F3N4O5S. The molecule has 2 heterocycles. The van der Waals surface area contributed by atoms with E-state index in [1.165, 1.54) is 4.90 Å². The van der Waals surface area contributed by atoms with Crippen LogP contribution in [-0.4, -0.2) is 43.2 Å². The van der Waals surface area contributed by atoms with Crippen LogP contribution in [0.2, 0.25) is 0 Å². The Bertz CT molecular complexity index is 1170. The number of nitrogens with zero attached hydrogens (tertiary/aromatic N) is 2.